The Balaban J connectivity index is 0.739. The van der Waals surface area contributed by atoms with Crippen LogP contribution in [0.3, 0.4) is 0 Å². The van der Waals surface area contributed by atoms with Crippen LogP contribution in [0.5, 0.6) is 11.6 Å². The lowest BCUT2D eigenvalue weighted by Crippen LogP contribution is -2.49. The number of aryl methyl sites for hydroxylation is 1. The Hall–Kier alpha value is -6.15. The Morgan fingerprint density at radius 3 is 2.33 bits per heavy atom. The maximum absolute atomic E-state index is 16.4. The van der Waals surface area contributed by atoms with Crippen LogP contribution in [0.25, 0.3) is 22.0 Å². The van der Waals surface area contributed by atoms with Crippen LogP contribution in [0.15, 0.2) is 48.7 Å². The summed E-state index contributed by atoms with van der Waals surface area (Å²) in [4.78, 5) is 59.4. The number of aliphatic hydroxyl groups is 1. The number of pyridine rings is 1. The summed E-state index contributed by atoms with van der Waals surface area (Å²) >= 11 is 6.70. The Labute approximate surface area is 436 Å². The van der Waals surface area contributed by atoms with Gasteiger partial charge in [-0.15, -0.1) is 0 Å². The minimum absolute atomic E-state index is 0.0260. The number of hydrogen-bond acceptors (Lipinski definition) is 11. The highest BCUT2D eigenvalue weighted by atomic mass is 35.5. The number of halogens is 5. The third kappa shape index (κ3) is 9.85. The van der Waals surface area contributed by atoms with E-state index in [0.29, 0.717) is 63.3 Å². The van der Waals surface area contributed by atoms with Crippen molar-refractivity contribution in [2.45, 2.75) is 101 Å². The molecular formula is C55H61ClF4N8O7. The van der Waals surface area contributed by atoms with E-state index in [9.17, 15) is 24.3 Å². The summed E-state index contributed by atoms with van der Waals surface area (Å²) in [6, 6.07) is 11.9. The fourth-order valence-corrected chi connectivity index (χ4v) is 12.8. The van der Waals surface area contributed by atoms with Gasteiger partial charge >= 0.3 is 0 Å². The molecule has 4 aliphatic heterocycles. The van der Waals surface area contributed by atoms with Gasteiger partial charge in [-0.05, 0) is 94.3 Å². The van der Waals surface area contributed by atoms with Crippen molar-refractivity contribution < 1.29 is 51.3 Å². The number of fused-ring (bicyclic) bond motifs is 2. The minimum atomic E-state index is -1.15. The van der Waals surface area contributed by atoms with Crippen LogP contribution >= 0.6 is 11.6 Å². The number of benzene rings is 3. The van der Waals surface area contributed by atoms with E-state index in [1.165, 1.54) is 16.8 Å². The Morgan fingerprint density at radius 1 is 0.933 bits per heavy atom. The second kappa shape index (κ2) is 21.5. The van der Waals surface area contributed by atoms with E-state index in [2.05, 4.69) is 25.6 Å². The van der Waals surface area contributed by atoms with Crippen LogP contribution in [0, 0.1) is 35.1 Å². The molecule has 15 nitrogen and oxygen atoms in total. The molecule has 5 N–H and O–H groups in total. The standard InChI is InChI=1S/C55H61ClF4N8O7/c1-29-42-40(25-39(58)46(56)45(42)44-37(51(61)71)26-62-53(48(44)60)74-23-22-69)75-55(29,33-6-4-3-5-7-33)28-63-34-10-8-32(9-11-34)54(73)68-20-14-30(15-21-68)27-67-18-16-31(17-19-67)43-38(57)24-36-49(65-66(2)50(36)47(43)59)35-12-13-41(70)64-52(35)72/h3-7,24-26,29-32,34-35,63,69H,8-23,27-28H2,1-2H3,(H2,61,71)(H,64,70,72). The molecule has 10 rings (SSSR count). The number of nitrogens with zero attached hydrogens (tertiary/aromatic N) is 5. The van der Waals surface area contributed by atoms with Gasteiger partial charge < -0.3 is 35.4 Å². The van der Waals surface area contributed by atoms with Crippen molar-refractivity contribution in [2.24, 2.45) is 24.6 Å². The Morgan fingerprint density at radius 2 is 1.65 bits per heavy atom. The molecule has 4 amide bonds. The largest absolute Gasteiger partial charge is 0.480 e. The van der Waals surface area contributed by atoms with E-state index in [4.69, 9.17) is 26.8 Å². The number of aromatic nitrogens is 3. The predicted octanol–water partition coefficient (Wildman–Crippen LogP) is 7.49. The highest BCUT2D eigenvalue weighted by molar-refractivity contribution is 6.34. The number of ether oxygens (including phenoxy) is 2. The molecule has 3 saturated heterocycles. The molecule has 0 radical (unpaired) electrons. The maximum Gasteiger partial charge on any atom is 0.251 e. The molecule has 3 unspecified atom stereocenters. The van der Waals surface area contributed by atoms with Crippen molar-refractivity contribution in [3.63, 3.8) is 0 Å². The first-order valence-corrected chi connectivity index (χ1v) is 26.4. The first-order chi connectivity index (χ1) is 36.1. The zero-order valence-electron chi connectivity index (χ0n) is 41.9. The second-order valence-electron chi connectivity index (χ2n) is 20.9. The van der Waals surface area contributed by atoms with Crippen molar-refractivity contribution in [3.8, 4) is 22.8 Å². The zero-order chi connectivity index (χ0) is 52.9. The quantitative estimate of drug-likeness (QED) is 0.0636. The number of amides is 4. The van der Waals surface area contributed by atoms with Gasteiger partial charge in [0.05, 0.1) is 28.8 Å². The van der Waals surface area contributed by atoms with Gasteiger partial charge in [0.25, 0.3) is 11.8 Å². The molecular weight excluding hydrogens is 996 g/mol. The minimum Gasteiger partial charge on any atom is -0.480 e. The van der Waals surface area contributed by atoms with E-state index in [1.54, 1.807) is 7.05 Å². The van der Waals surface area contributed by atoms with Crippen LogP contribution in [0.1, 0.15) is 122 Å². The molecule has 4 fully saturated rings. The normalized spacial score (nSPS) is 23.8. The van der Waals surface area contributed by atoms with Gasteiger partial charge in [0.1, 0.15) is 29.5 Å². The molecule has 2 aromatic heterocycles. The lowest BCUT2D eigenvalue weighted by molar-refractivity contribution is -0.138. The molecule has 0 bridgehead atoms. The number of primary amides is 1. The van der Waals surface area contributed by atoms with Gasteiger partial charge in [-0.2, -0.15) is 5.10 Å². The van der Waals surface area contributed by atoms with E-state index >= 15 is 17.6 Å². The number of likely N-dealkylation sites (tertiary alicyclic amines) is 2. The summed E-state index contributed by atoms with van der Waals surface area (Å²) in [6.45, 7) is 4.99. The van der Waals surface area contributed by atoms with E-state index in [0.717, 1.165) is 44.0 Å². The van der Waals surface area contributed by atoms with Gasteiger partial charge in [-0.25, -0.2) is 22.5 Å². The van der Waals surface area contributed by atoms with Crippen molar-refractivity contribution in [1.29, 1.82) is 0 Å². The van der Waals surface area contributed by atoms with Gasteiger partial charge in [-0.3, -0.25) is 29.2 Å². The van der Waals surface area contributed by atoms with Crippen molar-refractivity contribution in [2.75, 3.05) is 52.5 Å². The van der Waals surface area contributed by atoms with E-state index in [1.807, 2.05) is 42.2 Å². The van der Waals surface area contributed by atoms with Crippen LogP contribution in [0.4, 0.5) is 17.6 Å². The number of aliphatic hydroxyl groups excluding tert-OH is 1. The first kappa shape index (κ1) is 52.3. The number of carbonyl (C=O) groups excluding carboxylic acids is 4. The molecule has 398 valence electrons. The third-order valence-corrected chi connectivity index (χ3v) is 16.9. The molecule has 75 heavy (non-hydrogen) atoms. The van der Waals surface area contributed by atoms with Crippen molar-refractivity contribution >= 4 is 46.1 Å². The Bertz CT molecular complexity index is 3030. The van der Waals surface area contributed by atoms with Gasteiger partial charge in [0.15, 0.2) is 17.2 Å². The summed E-state index contributed by atoms with van der Waals surface area (Å²) in [5.74, 6) is -6.83. The average molecular weight is 1060 g/mol. The van der Waals surface area contributed by atoms with Crippen molar-refractivity contribution in [1.82, 2.24) is 35.2 Å². The summed E-state index contributed by atoms with van der Waals surface area (Å²) in [6.07, 6.45) is 7.16. The van der Waals surface area contributed by atoms with E-state index < -0.39 is 70.0 Å². The highest BCUT2D eigenvalue weighted by Gasteiger charge is 2.50. The number of piperidine rings is 3. The zero-order valence-corrected chi connectivity index (χ0v) is 42.7. The van der Waals surface area contributed by atoms with E-state index in [-0.39, 0.29) is 100 Å². The molecule has 6 heterocycles. The number of carbonyl (C=O) groups is 4. The summed E-state index contributed by atoms with van der Waals surface area (Å²) < 4.78 is 77.9. The molecule has 1 aliphatic carbocycles. The lowest BCUT2D eigenvalue weighted by atomic mass is 9.77. The fourth-order valence-electron chi connectivity index (χ4n) is 12.5. The second-order valence-corrected chi connectivity index (χ2v) is 21.3. The smallest absolute Gasteiger partial charge is 0.251 e. The molecule has 3 aromatic carbocycles. The first-order valence-electron chi connectivity index (χ1n) is 26.0. The predicted molar refractivity (Wildman–Crippen MR) is 270 cm³/mol. The lowest BCUT2D eigenvalue weighted by Gasteiger charge is -2.40. The number of hydrogen-bond donors (Lipinski definition) is 4. The number of imide groups is 1. The van der Waals surface area contributed by atoms with Gasteiger partial charge in [0, 0.05) is 97.4 Å². The van der Waals surface area contributed by atoms with Gasteiger partial charge in [0.2, 0.25) is 17.7 Å². The fraction of sp³-hybridized carbons (Fsp3) is 0.491. The Kier molecular flexibility index (Phi) is 15.0. The molecule has 5 aliphatic rings. The molecule has 0 spiro atoms. The molecule has 20 heteroatoms. The number of rotatable bonds is 14. The van der Waals surface area contributed by atoms with Crippen LogP contribution in [-0.4, -0.2) is 112 Å². The highest BCUT2D eigenvalue weighted by Crippen LogP contribution is 2.56. The van der Waals surface area contributed by atoms with Crippen molar-refractivity contribution in [3.05, 3.63) is 105 Å². The summed E-state index contributed by atoms with van der Waals surface area (Å²) in [5, 5.41) is 19.6. The topological polar surface area (TPSA) is 194 Å². The molecule has 3 atom stereocenters. The maximum atomic E-state index is 16.4. The third-order valence-electron chi connectivity index (χ3n) is 16.6. The molecule has 5 aromatic rings. The SMILES string of the molecule is CC1c2c(cc(F)c(Cl)c2-c2c(C(N)=O)cnc(OCCO)c2F)OC1(CNC1CCC(C(=O)N2CCC(CN3CCC(c4c(F)cc5c(C6CCC(=O)NC6=O)nn(C)c5c4F)CC3)CC2)CC1)c1ccccc1. The number of nitrogens with two attached hydrogens (primary N) is 1. The van der Waals surface area contributed by atoms with Crippen LogP contribution in [-0.2, 0) is 27.0 Å². The summed E-state index contributed by atoms with van der Waals surface area (Å²) in [5.41, 5.74) is 5.35. The van der Waals surface area contributed by atoms with Crippen LogP contribution in [0.2, 0.25) is 5.02 Å². The summed E-state index contributed by atoms with van der Waals surface area (Å²) in [7, 11) is 1.58. The monoisotopic (exact) mass is 1060 g/mol. The van der Waals surface area contributed by atoms with Crippen LogP contribution < -0.4 is 25.8 Å². The van der Waals surface area contributed by atoms with Gasteiger partial charge in [-0.1, -0.05) is 48.9 Å². The average Bonchev–Trinajstić information content (AvgIpc) is 3.88. The number of nitrogens with one attached hydrogen (secondary N) is 2. The molecule has 1 saturated carbocycles.